The summed E-state index contributed by atoms with van der Waals surface area (Å²) in [5, 5.41) is 13.0. The SMILES string of the molecule is O=C(O)c1cccc(Cn2ccn3nccc3c2=O)c1. The predicted octanol–water partition coefficient (Wildman–Crippen LogP) is 1.24. The zero-order valence-electron chi connectivity index (χ0n) is 10.4. The Morgan fingerprint density at radius 3 is 2.90 bits per heavy atom. The molecule has 0 aliphatic carbocycles. The van der Waals surface area contributed by atoms with Crippen molar-refractivity contribution >= 4 is 11.5 Å². The Balaban J connectivity index is 2.01. The van der Waals surface area contributed by atoms with Crippen LogP contribution in [0.5, 0.6) is 0 Å². The molecule has 1 aromatic carbocycles. The van der Waals surface area contributed by atoms with E-state index in [4.69, 9.17) is 5.11 Å². The van der Waals surface area contributed by atoms with Gasteiger partial charge in [-0.25, -0.2) is 9.31 Å². The molecule has 20 heavy (non-hydrogen) atoms. The fourth-order valence-electron chi connectivity index (χ4n) is 2.08. The molecule has 0 spiro atoms. The average Bonchev–Trinajstić information content (AvgIpc) is 2.91. The molecule has 0 unspecified atom stereocenters. The molecule has 0 aliphatic heterocycles. The molecule has 0 atom stereocenters. The van der Waals surface area contributed by atoms with Gasteiger partial charge in [-0.2, -0.15) is 5.10 Å². The van der Waals surface area contributed by atoms with Crippen LogP contribution >= 0.6 is 0 Å². The summed E-state index contributed by atoms with van der Waals surface area (Å²) in [6.07, 6.45) is 4.89. The number of hydrogen-bond donors (Lipinski definition) is 1. The van der Waals surface area contributed by atoms with E-state index in [0.717, 1.165) is 5.56 Å². The Hall–Kier alpha value is -2.89. The van der Waals surface area contributed by atoms with Crippen molar-refractivity contribution < 1.29 is 9.90 Å². The van der Waals surface area contributed by atoms with Crippen molar-refractivity contribution in [1.82, 2.24) is 14.2 Å². The predicted molar refractivity (Wildman–Crippen MR) is 72.0 cm³/mol. The molecule has 2 heterocycles. The largest absolute Gasteiger partial charge is 0.478 e. The minimum absolute atomic E-state index is 0.161. The number of nitrogens with zero attached hydrogens (tertiary/aromatic N) is 3. The van der Waals surface area contributed by atoms with Crippen molar-refractivity contribution in [2.75, 3.05) is 0 Å². The number of carboxylic acid groups (broad SMARTS) is 1. The van der Waals surface area contributed by atoms with Gasteiger partial charge in [0.05, 0.1) is 18.3 Å². The molecule has 3 rings (SSSR count). The molecule has 6 nitrogen and oxygen atoms in total. The Morgan fingerprint density at radius 2 is 2.10 bits per heavy atom. The van der Waals surface area contributed by atoms with Crippen LogP contribution in [0.3, 0.4) is 0 Å². The summed E-state index contributed by atoms with van der Waals surface area (Å²) in [6.45, 7) is 0.321. The van der Waals surface area contributed by atoms with E-state index in [1.165, 1.54) is 15.1 Å². The van der Waals surface area contributed by atoms with Crippen LogP contribution in [0, 0.1) is 0 Å². The van der Waals surface area contributed by atoms with Crippen LogP contribution in [0.15, 0.2) is 53.7 Å². The standard InChI is InChI=1S/C14H11N3O3/c18-13-12-4-5-15-17(12)7-6-16(13)9-10-2-1-3-11(8-10)14(19)20/h1-8H,9H2,(H,19,20). The minimum atomic E-state index is -0.981. The van der Waals surface area contributed by atoms with Gasteiger partial charge >= 0.3 is 5.97 Å². The number of aromatic carboxylic acids is 1. The second kappa shape index (κ2) is 4.65. The summed E-state index contributed by atoms with van der Waals surface area (Å²) >= 11 is 0. The van der Waals surface area contributed by atoms with Gasteiger partial charge in [-0.05, 0) is 23.8 Å². The quantitative estimate of drug-likeness (QED) is 0.776. The molecule has 0 saturated heterocycles. The Bertz CT molecular complexity index is 848. The van der Waals surface area contributed by atoms with Gasteiger partial charge in [-0.3, -0.25) is 4.79 Å². The summed E-state index contributed by atoms with van der Waals surface area (Å²) in [7, 11) is 0. The van der Waals surface area contributed by atoms with Crippen LogP contribution in [0.2, 0.25) is 0 Å². The van der Waals surface area contributed by atoms with Crippen molar-refractivity contribution in [2.24, 2.45) is 0 Å². The smallest absolute Gasteiger partial charge is 0.335 e. The zero-order chi connectivity index (χ0) is 14.1. The Labute approximate surface area is 113 Å². The molecule has 0 fully saturated rings. The van der Waals surface area contributed by atoms with E-state index in [-0.39, 0.29) is 11.1 Å². The minimum Gasteiger partial charge on any atom is -0.478 e. The molecule has 2 aromatic heterocycles. The van der Waals surface area contributed by atoms with E-state index in [1.54, 1.807) is 42.9 Å². The van der Waals surface area contributed by atoms with Crippen molar-refractivity contribution in [3.05, 3.63) is 70.4 Å². The number of carboxylic acids is 1. The van der Waals surface area contributed by atoms with Gasteiger partial charge in [0.2, 0.25) is 0 Å². The maximum atomic E-state index is 12.2. The number of benzene rings is 1. The molecule has 3 aromatic rings. The first-order chi connectivity index (χ1) is 9.65. The van der Waals surface area contributed by atoms with Crippen molar-refractivity contribution in [2.45, 2.75) is 6.54 Å². The fraction of sp³-hybridized carbons (Fsp3) is 0.0714. The molecular formula is C14H11N3O3. The summed E-state index contributed by atoms with van der Waals surface area (Å²) in [6, 6.07) is 8.19. The molecule has 6 heteroatoms. The molecule has 0 bridgehead atoms. The first kappa shape index (κ1) is 12.2. The van der Waals surface area contributed by atoms with Crippen LogP contribution in [0.1, 0.15) is 15.9 Å². The lowest BCUT2D eigenvalue weighted by atomic mass is 10.1. The van der Waals surface area contributed by atoms with E-state index in [2.05, 4.69) is 5.10 Å². The lowest BCUT2D eigenvalue weighted by Gasteiger charge is -2.07. The number of rotatable bonds is 3. The van der Waals surface area contributed by atoms with Gasteiger partial charge in [0.1, 0.15) is 5.52 Å². The first-order valence-corrected chi connectivity index (χ1v) is 6.00. The lowest BCUT2D eigenvalue weighted by molar-refractivity contribution is 0.0696. The summed E-state index contributed by atoms with van der Waals surface area (Å²) in [5.41, 5.74) is 1.30. The second-order valence-corrected chi connectivity index (χ2v) is 4.40. The van der Waals surface area contributed by atoms with Gasteiger partial charge in [-0.15, -0.1) is 0 Å². The number of hydrogen-bond acceptors (Lipinski definition) is 3. The third-order valence-electron chi connectivity index (χ3n) is 3.06. The highest BCUT2D eigenvalue weighted by molar-refractivity contribution is 5.87. The van der Waals surface area contributed by atoms with Crippen LogP contribution in [0.4, 0.5) is 0 Å². The Kier molecular flexibility index (Phi) is 2.83. The monoisotopic (exact) mass is 269 g/mol. The van der Waals surface area contributed by atoms with Gasteiger partial charge < -0.3 is 9.67 Å². The van der Waals surface area contributed by atoms with Crippen LogP contribution < -0.4 is 5.56 Å². The normalized spacial score (nSPS) is 10.8. The number of aromatic nitrogens is 3. The third kappa shape index (κ3) is 2.07. The highest BCUT2D eigenvalue weighted by Crippen LogP contribution is 2.07. The molecule has 100 valence electrons. The highest BCUT2D eigenvalue weighted by atomic mass is 16.4. The van der Waals surface area contributed by atoms with Gasteiger partial charge in [0, 0.05) is 12.4 Å². The summed E-state index contributed by atoms with van der Waals surface area (Å²) < 4.78 is 3.03. The first-order valence-electron chi connectivity index (χ1n) is 6.00. The maximum Gasteiger partial charge on any atom is 0.335 e. The van der Waals surface area contributed by atoms with E-state index in [1.807, 2.05) is 0 Å². The van der Waals surface area contributed by atoms with Crippen molar-refractivity contribution in [1.29, 1.82) is 0 Å². The Morgan fingerprint density at radius 1 is 1.25 bits per heavy atom. The second-order valence-electron chi connectivity index (χ2n) is 4.40. The van der Waals surface area contributed by atoms with Gasteiger partial charge in [-0.1, -0.05) is 12.1 Å². The number of fused-ring (bicyclic) bond motifs is 1. The maximum absolute atomic E-state index is 12.2. The average molecular weight is 269 g/mol. The highest BCUT2D eigenvalue weighted by Gasteiger charge is 2.06. The van der Waals surface area contributed by atoms with Crippen molar-refractivity contribution in [3.8, 4) is 0 Å². The summed E-state index contributed by atoms with van der Waals surface area (Å²) in [5.74, 6) is -0.981. The van der Waals surface area contributed by atoms with E-state index in [9.17, 15) is 9.59 Å². The van der Waals surface area contributed by atoms with Gasteiger partial charge in [0.25, 0.3) is 5.56 Å². The molecule has 0 aliphatic rings. The van der Waals surface area contributed by atoms with Crippen LogP contribution in [-0.2, 0) is 6.54 Å². The van der Waals surface area contributed by atoms with E-state index < -0.39 is 5.97 Å². The van der Waals surface area contributed by atoms with Crippen LogP contribution in [0.25, 0.3) is 5.52 Å². The zero-order valence-corrected chi connectivity index (χ0v) is 10.4. The van der Waals surface area contributed by atoms with E-state index in [0.29, 0.717) is 12.1 Å². The van der Waals surface area contributed by atoms with Crippen molar-refractivity contribution in [3.63, 3.8) is 0 Å². The molecular weight excluding hydrogens is 258 g/mol. The number of carbonyl (C=O) groups is 1. The molecule has 0 saturated carbocycles. The molecule has 0 radical (unpaired) electrons. The topological polar surface area (TPSA) is 76.6 Å². The lowest BCUT2D eigenvalue weighted by Crippen LogP contribution is -2.21. The molecule has 1 N–H and O–H groups in total. The fourth-order valence-corrected chi connectivity index (χ4v) is 2.08. The summed E-state index contributed by atoms with van der Waals surface area (Å²) in [4.78, 5) is 23.1. The molecule has 0 amide bonds. The van der Waals surface area contributed by atoms with Gasteiger partial charge in [0.15, 0.2) is 0 Å². The third-order valence-corrected chi connectivity index (χ3v) is 3.06. The van der Waals surface area contributed by atoms with Crippen LogP contribution in [-0.4, -0.2) is 25.3 Å². The van der Waals surface area contributed by atoms with E-state index >= 15 is 0 Å².